The third-order valence-corrected chi connectivity index (χ3v) is 10.4. The Kier molecular flexibility index (Phi) is 25.5. The molecule has 4 aromatic carbocycles. The van der Waals surface area contributed by atoms with E-state index in [-0.39, 0.29) is 25.7 Å². The summed E-state index contributed by atoms with van der Waals surface area (Å²) in [6.07, 6.45) is 2.21. The summed E-state index contributed by atoms with van der Waals surface area (Å²) in [5.74, 6) is -0.894. The lowest BCUT2D eigenvalue weighted by Gasteiger charge is -2.26. The van der Waals surface area contributed by atoms with Crippen molar-refractivity contribution >= 4 is 36.1 Å². The van der Waals surface area contributed by atoms with Crippen LogP contribution < -0.4 is 20.1 Å². The van der Waals surface area contributed by atoms with Crippen molar-refractivity contribution in [1.82, 2.24) is 10.6 Å². The van der Waals surface area contributed by atoms with E-state index in [0.717, 1.165) is 22.3 Å². The Balaban J connectivity index is 0.000000430. The number of amides is 2. The maximum atomic E-state index is 13.2. The Morgan fingerprint density at radius 3 is 0.915 bits per heavy atom. The van der Waals surface area contributed by atoms with Gasteiger partial charge in [-0.05, 0) is 184 Å². The molecule has 16 heteroatoms. The minimum atomic E-state index is -1.07. The van der Waals surface area contributed by atoms with Gasteiger partial charge in [-0.1, -0.05) is 97.1 Å². The number of nitrogens with one attached hydrogen (secondary N) is 2. The number of esters is 4. The molecule has 0 heterocycles. The highest BCUT2D eigenvalue weighted by molar-refractivity contribution is 5.90. The molecule has 0 radical (unpaired) electrons. The van der Waals surface area contributed by atoms with Crippen LogP contribution in [-0.2, 0) is 73.7 Å². The molecule has 0 aromatic heterocycles. The minimum absolute atomic E-state index is 0.000995. The summed E-state index contributed by atoms with van der Waals surface area (Å²) in [7, 11) is 0. The van der Waals surface area contributed by atoms with Crippen molar-refractivity contribution in [3.05, 3.63) is 155 Å². The van der Waals surface area contributed by atoms with E-state index < -0.39 is 81.8 Å². The summed E-state index contributed by atoms with van der Waals surface area (Å²) >= 11 is 0. The molecule has 0 unspecified atom stereocenters. The van der Waals surface area contributed by atoms with Crippen molar-refractivity contribution in [2.75, 3.05) is 0 Å². The van der Waals surface area contributed by atoms with E-state index in [9.17, 15) is 28.8 Å². The van der Waals surface area contributed by atoms with E-state index >= 15 is 0 Å². The van der Waals surface area contributed by atoms with Gasteiger partial charge in [0.15, 0.2) is 0 Å². The monoisotopic (exact) mass is 1130 g/mol. The normalized spacial score (nSPS) is 13.1. The predicted octanol–water partition coefficient (Wildman–Crippen LogP) is 13.4. The largest absolute Gasteiger partial charge is 0.489 e. The Bertz CT molecular complexity index is 2550. The first-order chi connectivity index (χ1) is 37.8. The van der Waals surface area contributed by atoms with Gasteiger partial charge in [-0.3, -0.25) is 0 Å². The molecule has 4 aromatic rings. The SMILES string of the molecule is CC(C)(C)OC(=O)N[C@@H](C/C=C(/Cc1ccc(OCc2ccccc2)cc1)C(=O)OC(C)(C)C)C(=O)OC(C)(C)C.CC(C)(C)OC(=O)N[C@@H](C/C=C(\Cc1ccc(OCc2ccccc2)cc1)C(=O)OC(C)(C)C)C(=O)OC(C)(C)C. The van der Waals surface area contributed by atoms with Gasteiger partial charge in [0.2, 0.25) is 0 Å². The Labute approximate surface area is 487 Å². The van der Waals surface area contributed by atoms with Crippen LogP contribution in [0.2, 0.25) is 0 Å². The molecule has 82 heavy (non-hydrogen) atoms. The lowest BCUT2D eigenvalue weighted by Crippen LogP contribution is -2.45. The van der Waals surface area contributed by atoms with Gasteiger partial charge in [0, 0.05) is 24.0 Å². The smallest absolute Gasteiger partial charge is 0.408 e. The Hall–Kier alpha value is -7.62. The van der Waals surface area contributed by atoms with Crippen molar-refractivity contribution in [2.45, 2.75) is 209 Å². The fourth-order valence-electron chi connectivity index (χ4n) is 7.07. The van der Waals surface area contributed by atoms with Crippen LogP contribution in [0.25, 0.3) is 0 Å². The summed E-state index contributed by atoms with van der Waals surface area (Å²) < 4.78 is 44.8. The molecule has 0 fully saturated rings. The maximum Gasteiger partial charge on any atom is 0.408 e. The molecular formula is C66H90N2O14. The topological polar surface area (TPSA) is 200 Å². The summed E-state index contributed by atoms with van der Waals surface area (Å²) in [6.45, 7) is 32.4. The second-order valence-corrected chi connectivity index (χ2v) is 25.6. The molecule has 0 aliphatic carbocycles. The summed E-state index contributed by atoms with van der Waals surface area (Å²) in [5, 5.41) is 5.18. The summed E-state index contributed by atoms with van der Waals surface area (Å²) in [4.78, 5) is 77.3. The van der Waals surface area contributed by atoms with Crippen LogP contribution in [0.4, 0.5) is 9.59 Å². The average molecular weight is 1140 g/mol. The Morgan fingerprint density at radius 1 is 0.366 bits per heavy atom. The quantitative estimate of drug-likeness (QED) is 0.0481. The van der Waals surface area contributed by atoms with Crippen LogP contribution in [0.1, 0.15) is 160 Å². The summed E-state index contributed by atoms with van der Waals surface area (Å²) in [5.41, 5.74) is 0.0298. The molecule has 2 atom stereocenters. The molecule has 2 N–H and O–H groups in total. The number of benzene rings is 4. The highest BCUT2D eigenvalue weighted by Crippen LogP contribution is 2.24. The van der Waals surface area contributed by atoms with Crippen LogP contribution in [0.3, 0.4) is 0 Å². The van der Waals surface area contributed by atoms with Crippen LogP contribution in [0.5, 0.6) is 11.5 Å². The fourth-order valence-corrected chi connectivity index (χ4v) is 7.07. The standard InChI is InChI=1S/2C33H45NO7/c2*1-31(2,3)39-28(35)25(21-23-15-18-26(19-16-23)38-22-24-13-11-10-12-14-24)17-20-27(29(36)40-32(4,5)6)34-30(37)41-33(7,8)9/h2*10-19,27H,20-22H2,1-9H3,(H,34,37)/b25-17+;25-17-/t2*27-/m00/s1. The molecule has 0 saturated heterocycles. The van der Waals surface area contributed by atoms with Crippen LogP contribution in [0, 0.1) is 0 Å². The van der Waals surface area contributed by atoms with Crippen LogP contribution >= 0.6 is 0 Å². The number of alkyl carbamates (subject to hydrolysis) is 2. The zero-order chi connectivity index (χ0) is 61.7. The third-order valence-electron chi connectivity index (χ3n) is 10.4. The fraction of sp³-hybridized carbons (Fsp3) is 0.485. The van der Waals surface area contributed by atoms with E-state index in [1.54, 1.807) is 137 Å². The number of hydrogen-bond acceptors (Lipinski definition) is 14. The van der Waals surface area contributed by atoms with Crippen LogP contribution in [-0.4, -0.2) is 81.8 Å². The first-order valence-corrected chi connectivity index (χ1v) is 27.6. The first-order valence-electron chi connectivity index (χ1n) is 27.6. The lowest BCUT2D eigenvalue weighted by atomic mass is 10.0. The third kappa shape index (κ3) is 30.3. The second-order valence-electron chi connectivity index (χ2n) is 25.6. The number of carbonyl (C=O) groups is 6. The number of hydrogen-bond donors (Lipinski definition) is 2. The molecule has 448 valence electrons. The van der Waals surface area contributed by atoms with Crippen LogP contribution in [0.15, 0.2) is 132 Å². The molecule has 16 nitrogen and oxygen atoms in total. The van der Waals surface area contributed by atoms with Crippen molar-refractivity contribution in [3.63, 3.8) is 0 Å². The van der Waals surface area contributed by atoms with E-state index in [4.69, 9.17) is 37.9 Å². The molecule has 0 bridgehead atoms. The van der Waals surface area contributed by atoms with Crippen molar-refractivity contribution in [3.8, 4) is 11.5 Å². The zero-order valence-corrected chi connectivity index (χ0v) is 51.7. The second kappa shape index (κ2) is 30.4. The van der Waals surface area contributed by atoms with E-state index in [2.05, 4.69) is 10.6 Å². The maximum absolute atomic E-state index is 13.2. The van der Waals surface area contributed by atoms with Gasteiger partial charge in [0.05, 0.1) is 0 Å². The minimum Gasteiger partial charge on any atom is -0.489 e. The number of ether oxygens (including phenoxy) is 8. The molecule has 0 aliphatic rings. The Morgan fingerprint density at radius 2 is 0.646 bits per heavy atom. The van der Waals surface area contributed by atoms with Gasteiger partial charge in [0.25, 0.3) is 0 Å². The highest BCUT2D eigenvalue weighted by Gasteiger charge is 2.31. The number of rotatable bonds is 20. The van der Waals surface area contributed by atoms with E-state index in [1.165, 1.54) is 0 Å². The van der Waals surface area contributed by atoms with Crippen molar-refractivity contribution < 1.29 is 66.7 Å². The summed E-state index contributed by atoms with van der Waals surface area (Å²) in [6, 6.07) is 32.5. The number of carbonyl (C=O) groups excluding carboxylic acids is 6. The van der Waals surface area contributed by atoms with Crippen molar-refractivity contribution in [1.29, 1.82) is 0 Å². The van der Waals surface area contributed by atoms with Gasteiger partial charge in [0.1, 0.15) is 70.4 Å². The van der Waals surface area contributed by atoms with Gasteiger partial charge in [-0.25, -0.2) is 28.8 Å². The predicted molar refractivity (Wildman–Crippen MR) is 317 cm³/mol. The molecule has 0 saturated carbocycles. The van der Waals surface area contributed by atoms with Crippen molar-refractivity contribution in [2.24, 2.45) is 0 Å². The zero-order valence-electron chi connectivity index (χ0n) is 51.7. The highest BCUT2D eigenvalue weighted by atomic mass is 16.6. The molecule has 0 spiro atoms. The van der Waals surface area contributed by atoms with E-state index in [1.807, 2.05) is 109 Å². The van der Waals surface area contributed by atoms with Gasteiger partial charge in [-0.15, -0.1) is 0 Å². The molecule has 4 rings (SSSR count). The molecule has 0 aliphatic heterocycles. The van der Waals surface area contributed by atoms with Gasteiger partial charge in [-0.2, -0.15) is 0 Å². The van der Waals surface area contributed by atoms with Gasteiger partial charge >= 0.3 is 36.1 Å². The lowest BCUT2D eigenvalue weighted by molar-refractivity contribution is -0.158. The van der Waals surface area contributed by atoms with Gasteiger partial charge < -0.3 is 48.5 Å². The molecule has 2 amide bonds. The molecular weight excluding hydrogens is 1040 g/mol. The first kappa shape index (κ1) is 68.7. The van der Waals surface area contributed by atoms with E-state index in [0.29, 0.717) is 35.9 Å². The average Bonchev–Trinajstić information content (AvgIpc) is 3.41.